The predicted molar refractivity (Wildman–Crippen MR) is 98.2 cm³/mol. The first-order valence-electron chi connectivity index (χ1n) is 8.83. The van der Waals surface area contributed by atoms with Crippen molar-refractivity contribution in [3.63, 3.8) is 0 Å². The number of rotatable bonds is 4. The molecule has 0 spiro atoms. The Balaban J connectivity index is 1.84. The van der Waals surface area contributed by atoms with Gasteiger partial charge in [-0.1, -0.05) is 12.1 Å². The zero-order valence-corrected chi connectivity index (χ0v) is 14.4. The van der Waals surface area contributed by atoms with Crippen LogP contribution in [0.5, 0.6) is 11.5 Å². The second kappa shape index (κ2) is 6.73. The molecule has 1 aliphatic rings. The molecule has 4 rings (SSSR count). The van der Waals surface area contributed by atoms with Gasteiger partial charge < -0.3 is 14.7 Å². The number of quaternary nitrogens is 1. The molecule has 128 valence electrons. The third kappa shape index (κ3) is 2.94. The van der Waals surface area contributed by atoms with Crippen molar-refractivity contribution in [2.24, 2.45) is 0 Å². The first kappa shape index (κ1) is 15.9. The van der Waals surface area contributed by atoms with Crippen LogP contribution in [0.2, 0.25) is 0 Å². The van der Waals surface area contributed by atoms with Gasteiger partial charge in [-0.25, -0.2) is 0 Å². The molecular weight excluding hydrogens is 312 g/mol. The van der Waals surface area contributed by atoms with Crippen molar-refractivity contribution in [3.8, 4) is 11.5 Å². The molecule has 1 atom stereocenters. The molecule has 4 nitrogen and oxygen atoms in total. The predicted octanol–water partition coefficient (Wildman–Crippen LogP) is 2.72. The highest BCUT2D eigenvalue weighted by atomic mass is 16.5. The molecule has 0 aliphatic carbocycles. The molecule has 0 radical (unpaired) electrons. The summed E-state index contributed by atoms with van der Waals surface area (Å²) in [7, 11) is 1.68. The minimum absolute atomic E-state index is 0.111. The summed E-state index contributed by atoms with van der Waals surface area (Å²) in [6, 6.07) is 16.3. The average Bonchev–Trinajstić information content (AvgIpc) is 3.19. The highest BCUT2D eigenvalue weighted by Gasteiger charge is 2.31. The topological polar surface area (TPSA) is 46.8 Å². The first-order valence-corrected chi connectivity index (χ1v) is 8.83. The zero-order chi connectivity index (χ0) is 17.2. The maximum atomic E-state index is 10.9. The van der Waals surface area contributed by atoms with E-state index in [4.69, 9.17) is 4.74 Å². The number of hydrogen-bond donors (Lipinski definition) is 2. The lowest BCUT2D eigenvalue weighted by Gasteiger charge is -2.26. The lowest BCUT2D eigenvalue weighted by Crippen LogP contribution is -3.10. The van der Waals surface area contributed by atoms with Gasteiger partial charge in [-0.3, -0.25) is 4.98 Å². The molecule has 1 saturated heterocycles. The highest BCUT2D eigenvalue weighted by Crippen LogP contribution is 2.33. The normalized spacial score (nSPS) is 16.2. The van der Waals surface area contributed by atoms with Crippen molar-refractivity contribution in [2.75, 3.05) is 20.2 Å². The summed E-state index contributed by atoms with van der Waals surface area (Å²) < 4.78 is 5.30. The number of phenols is 1. The van der Waals surface area contributed by atoms with Crippen LogP contribution in [-0.2, 0) is 0 Å². The standard InChI is InChI=1S/C21H22N2O2/c1-25-17-9-6-16(7-10-17)20(23-13-2-3-14-23)18-11-8-15-5-4-12-22-19(15)21(18)24/h4-12,20,24H,2-3,13-14H2,1H3/p+1. The van der Waals surface area contributed by atoms with E-state index in [0.29, 0.717) is 11.3 Å². The molecule has 25 heavy (non-hydrogen) atoms. The SMILES string of the molecule is COc1ccc(C(c2ccc3cccnc3c2O)[NH+]2CCCC2)cc1. The second-order valence-corrected chi connectivity index (χ2v) is 6.65. The van der Waals surface area contributed by atoms with Gasteiger partial charge in [-0.15, -0.1) is 0 Å². The quantitative estimate of drug-likeness (QED) is 0.771. The summed E-state index contributed by atoms with van der Waals surface area (Å²) in [5.74, 6) is 1.15. The number of nitrogens with zero attached hydrogens (tertiary/aromatic N) is 1. The lowest BCUT2D eigenvalue weighted by atomic mass is 9.95. The van der Waals surface area contributed by atoms with Crippen LogP contribution >= 0.6 is 0 Å². The van der Waals surface area contributed by atoms with Crippen molar-refractivity contribution in [3.05, 3.63) is 65.9 Å². The van der Waals surface area contributed by atoms with Crippen molar-refractivity contribution in [2.45, 2.75) is 18.9 Å². The second-order valence-electron chi connectivity index (χ2n) is 6.65. The van der Waals surface area contributed by atoms with Gasteiger partial charge in [0, 0.05) is 30.0 Å². The van der Waals surface area contributed by atoms with Crippen LogP contribution in [0.1, 0.15) is 30.0 Å². The minimum Gasteiger partial charge on any atom is -0.505 e. The minimum atomic E-state index is 0.111. The highest BCUT2D eigenvalue weighted by molar-refractivity contribution is 5.85. The number of pyridine rings is 1. The molecule has 0 amide bonds. The fourth-order valence-corrected chi connectivity index (χ4v) is 3.93. The van der Waals surface area contributed by atoms with Crippen LogP contribution < -0.4 is 9.64 Å². The molecule has 0 saturated carbocycles. The molecule has 1 unspecified atom stereocenters. The van der Waals surface area contributed by atoms with Gasteiger partial charge in [0.15, 0.2) is 5.75 Å². The molecule has 1 fully saturated rings. The number of hydrogen-bond acceptors (Lipinski definition) is 3. The largest absolute Gasteiger partial charge is 0.505 e. The Morgan fingerprint density at radius 1 is 1.04 bits per heavy atom. The lowest BCUT2D eigenvalue weighted by molar-refractivity contribution is -0.913. The van der Waals surface area contributed by atoms with E-state index in [1.54, 1.807) is 13.3 Å². The molecule has 1 aliphatic heterocycles. The van der Waals surface area contributed by atoms with E-state index in [-0.39, 0.29) is 6.04 Å². The number of ether oxygens (including phenoxy) is 1. The van der Waals surface area contributed by atoms with E-state index in [2.05, 4.69) is 29.2 Å². The summed E-state index contributed by atoms with van der Waals surface area (Å²) in [5, 5.41) is 11.9. The number of methoxy groups -OCH3 is 1. The van der Waals surface area contributed by atoms with Crippen LogP contribution in [-0.4, -0.2) is 30.3 Å². The molecule has 2 heterocycles. The Morgan fingerprint density at radius 3 is 2.52 bits per heavy atom. The van der Waals surface area contributed by atoms with Crippen molar-refractivity contribution < 1.29 is 14.7 Å². The monoisotopic (exact) mass is 335 g/mol. The summed E-state index contributed by atoms with van der Waals surface area (Å²) in [6.07, 6.45) is 4.19. The van der Waals surface area contributed by atoms with Gasteiger partial charge in [0.1, 0.15) is 17.3 Å². The third-order valence-electron chi connectivity index (χ3n) is 5.19. The van der Waals surface area contributed by atoms with Gasteiger partial charge in [0.25, 0.3) is 0 Å². The maximum absolute atomic E-state index is 10.9. The van der Waals surface area contributed by atoms with Crippen molar-refractivity contribution in [1.29, 1.82) is 0 Å². The van der Waals surface area contributed by atoms with E-state index in [0.717, 1.165) is 29.8 Å². The Labute approximate surface area is 147 Å². The maximum Gasteiger partial charge on any atom is 0.151 e. The van der Waals surface area contributed by atoms with Crippen LogP contribution in [0.4, 0.5) is 0 Å². The number of aromatic hydroxyl groups is 1. The van der Waals surface area contributed by atoms with E-state index < -0.39 is 0 Å². The molecular formula is C21H23N2O2+. The first-order chi connectivity index (χ1) is 12.3. The molecule has 2 aromatic carbocycles. The average molecular weight is 335 g/mol. The number of phenolic OH excluding ortho intramolecular Hbond substituents is 1. The van der Waals surface area contributed by atoms with Gasteiger partial charge in [-0.05, 0) is 36.4 Å². The fraction of sp³-hybridized carbons (Fsp3) is 0.286. The van der Waals surface area contributed by atoms with Gasteiger partial charge >= 0.3 is 0 Å². The summed E-state index contributed by atoms with van der Waals surface area (Å²) in [5.41, 5.74) is 2.83. The fourth-order valence-electron chi connectivity index (χ4n) is 3.93. The Bertz CT molecular complexity index is 871. The molecule has 4 heteroatoms. The van der Waals surface area contributed by atoms with E-state index in [1.165, 1.54) is 23.3 Å². The van der Waals surface area contributed by atoms with Gasteiger partial charge in [0.2, 0.25) is 0 Å². The Kier molecular flexibility index (Phi) is 4.28. The number of aromatic nitrogens is 1. The molecule has 0 bridgehead atoms. The van der Waals surface area contributed by atoms with Gasteiger partial charge in [0.05, 0.1) is 25.8 Å². The van der Waals surface area contributed by atoms with Crippen molar-refractivity contribution >= 4 is 10.9 Å². The summed E-state index contributed by atoms with van der Waals surface area (Å²) >= 11 is 0. The molecule has 3 aromatic rings. The van der Waals surface area contributed by atoms with Crippen LogP contribution in [0.15, 0.2) is 54.7 Å². The molecule has 1 aromatic heterocycles. The van der Waals surface area contributed by atoms with Crippen LogP contribution in [0, 0.1) is 0 Å². The van der Waals surface area contributed by atoms with Crippen LogP contribution in [0.25, 0.3) is 10.9 Å². The van der Waals surface area contributed by atoms with Crippen molar-refractivity contribution in [1.82, 2.24) is 4.98 Å². The zero-order valence-electron chi connectivity index (χ0n) is 14.4. The van der Waals surface area contributed by atoms with E-state index in [1.807, 2.05) is 24.3 Å². The van der Waals surface area contributed by atoms with E-state index in [9.17, 15) is 5.11 Å². The van der Waals surface area contributed by atoms with Crippen LogP contribution in [0.3, 0.4) is 0 Å². The Morgan fingerprint density at radius 2 is 1.80 bits per heavy atom. The number of likely N-dealkylation sites (tertiary alicyclic amines) is 1. The Hall–Kier alpha value is -2.59. The third-order valence-corrected chi connectivity index (χ3v) is 5.19. The number of nitrogens with one attached hydrogen (secondary N) is 1. The number of fused-ring (bicyclic) bond motifs is 1. The summed E-state index contributed by atoms with van der Waals surface area (Å²) in [6.45, 7) is 2.24. The van der Waals surface area contributed by atoms with E-state index >= 15 is 0 Å². The molecule has 2 N–H and O–H groups in total. The van der Waals surface area contributed by atoms with Gasteiger partial charge in [-0.2, -0.15) is 0 Å². The summed E-state index contributed by atoms with van der Waals surface area (Å²) in [4.78, 5) is 5.89. The number of benzene rings is 2. The smallest absolute Gasteiger partial charge is 0.151 e.